The smallest absolute Gasteiger partial charge is 0.132 e. The summed E-state index contributed by atoms with van der Waals surface area (Å²) < 4.78 is 27.7. The fourth-order valence-electron chi connectivity index (χ4n) is 1.51. The summed E-state index contributed by atoms with van der Waals surface area (Å²) >= 11 is 10.2. The lowest BCUT2D eigenvalue weighted by atomic mass is 10.0. The molecule has 0 saturated heterocycles. The number of halogens is 4. The van der Waals surface area contributed by atoms with Gasteiger partial charge in [0.1, 0.15) is 11.6 Å². The molecule has 1 atom stereocenters. The Morgan fingerprint density at radius 1 is 1.29 bits per heavy atom. The second kappa shape index (κ2) is 5.02. The van der Waals surface area contributed by atoms with Crippen LogP contribution in [0.3, 0.4) is 0 Å². The minimum atomic E-state index is -0.893. The van der Waals surface area contributed by atoms with Crippen LogP contribution in [0, 0.1) is 11.6 Å². The van der Waals surface area contributed by atoms with E-state index in [1.54, 1.807) is 11.4 Å². The van der Waals surface area contributed by atoms with Gasteiger partial charge in [-0.05, 0) is 23.6 Å². The van der Waals surface area contributed by atoms with Gasteiger partial charge in [-0.3, -0.25) is 0 Å². The summed E-state index contributed by atoms with van der Waals surface area (Å²) in [5.74, 6) is -1.37. The van der Waals surface area contributed by atoms with E-state index in [-0.39, 0.29) is 5.56 Å². The largest absolute Gasteiger partial charge is 0.319 e. The van der Waals surface area contributed by atoms with Crippen LogP contribution in [0.15, 0.2) is 28.1 Å². The van der Waals surface area contributed by atoms with Crippen LogP contribution in [0.4, 0.5) is 8.78 Å². The summed E-state index contributed by atoms with van der Waals surface area (Å²) in [6, 6.07) is 3.12. The maximum Gasteiger partial charge on any atom is 0.132 e. The molecular weight excluding hydrogens is 332 g/mol. The fourth-order valence-corrected chi connectivity index (χ4v) is 3.10. The van der Waals surface area contributed by atoms with E-state index in [1.807, 2.05) is 0 Å². The van der Waals surface area contributed by atoms with E-state index in [1.165, 1.54) is 23.5 Å². The Morgan fingerprint density at radius 2 is 1.88 bits per heavy atom. The fraction of sp³-hybridized carbons (Fsp3) is 0.0909. The summed E-state index contributed by atoms with van der Waals surface area (Å²) in [4.78, 5) is 0.548. The molecule has 1 aromatic heterocycles. The molecule has 90 valence electrons. The van der Waals surface area contributed by atoms with Crippen molar-refractivity contribution in [2.45, 2.75) is 6.04 Å². The van der Waals surface area contributed by atoms with E-state index in [4.69, 9.17) is 17.3 Å². The van der Waals surface area contributed by atoms with Gasteiger partial charge >= 0.3 is 0 Å². The highest BCUT2D eigenvalue weighted by Gasteiger charge is 2.22. The number of thiophene rings is 1. The molecule has 2 N–H and O–H groups in total. The van der Waals surface area contributed by atoms with Crippen molar-refractivity contribution in [2.24, 2.45) is 5.73 Å². The Bertz CT molecular complexity index is 535. The molecule has 2 aromatic rings. The second-order valence-corrected chi connectivity index (χ2v) is 5.66. The van der Waals surface area contributed by atoms with Crippen molar-refractivity contribution in [3.8, 4) is 0 Å². The van der Waals surface area contributed by atoms with Crippen molar-refractivity contribution in [1.29, 1.82) is 0 Å². The molecule has 0 aliphatic heterocycles. The molecule has 1 heterocycles. The molecule has 0 amide bonds. The van der Waals surface area contributed by atoms with Gasteiger partial charge in [0, 0.05) is 14.9 Å². The number of rotatable bonds is 2. The predicted molar refractivity (Wildman–Crippen MR) is 69.4 cm³/mol. The highest BCUT2D eigenvalue weighted by atomic mass is 79.9. The molecule has 17 heavy (non-hydrogen) atoms. The summed E-state index contributed by atoms with van der Waals surface area (Å²) in [6.07, 6.45) is 0. The van der Waals surface area contributed by atoms with Gasteiger partial charge in [-0.2, -0.15) is 0 Å². The molecular formula is C11H7BrClF2NS. The lowest BCUT2D eigenvalue weighted by Gasteiger charge is -2.13. The number of benzene rings is 1. The first-order valence-corrected chi connectivity index (χ1v) is 6.68. The van der Waals surface area contributed by atoms with Crippen molar-refractivity contribution < 1.29 is 8.78 Å². The third-order valence-electron chi connectivity index (χ3n) is 2.28. The number of nitrogens with two attached hydrogens (primary N) is 1. The minimum Gasteiger partial charge on any atom is -0.319 e. The zero-order valence-electron chi connectivity index (χ0n) is 8.38. The summed E-state index contributed by atoms with van der Waals surface area (Å²) in [7, 11) is 0. The van der Waals surface area contributed by atoms with Gasteiger partial charge in [-0.1, -0.05) is 27.5 Å². The first-order valence-electron chi connectivity index (χ1n) is 4.63. The van der Waals surface area contributed by atoms with Gasteiger partial charge in [-0.25, -0.2) is 8.78 Å². The standard InChI is InChI=1S/C11H7BrClF2NS/c12-5-3-7(14)9(8(15)4-5)10(16)11-6(13)1-2-17-11/h1-4,10H,16H2. The molecule has 0 aliphatic rings. The van der Waals surface area contributed by atoms with E-state index in [9.17, 15) is 8.78 Å². The maximum atomic E-state index is 13.7. The third kappa shape index (κ3) is 2.52. The molecule has 1 unspecified atom stereocenters. The number of hydrogen-bond donors (Lipinski definition) is 1. The summed E-state index contributed by atoms with van der Waals surface area (Å²) in [6.45, 7) is 0. The van der Waals surface area contributed by atoms with Crippen LogP contribution in [0.25, 0.3) is 0 Å². The van der Waals surface area contributed by atoms with Crippen LogP contribution in [0.5, 0.6) is 0 Å². The lowest BCUT2D eigenvalue weighted by Crippen LogP contribution is -2.14. The minimum absolute atomic E-state index is 0.169. The van der Waals surface area contributed by atoms with Crippen LogP contribution < -0.4 is 5.73 Å². The molecule has 6 heteroatoms. The Labute approximate surface area is 114 Å². The van der Waals surface area contributed by atoms with Crippen LogP contribution in [-0.2, 0) is 0 Å². The van der Waals surface area contributed by atoms with E-state index in [0.717, 1.165) is 0 Å². The first kappa shape index (κ1) is 13.0. The zero-order valence-corrected chi connectivity index (χ0v) is 11.5. The van der Waals surface area contributed by atoms with Crippen molar-refractivity contribution in [2.75, 3.05) is 0 Å². The van der Waals surface area contributed by atoms with Gasteiger partial charge in [0.2, 0.25) is 0 Å². The summed E-state index contributed by atoms with van der Waals surface area (Å²) in [5, 5.41) is 2.15. The zero-order chi connectivity index (χ0) is 12.6. The van der Waals surface area contributed by atoms with Crippen LogP contribution in [0.1, 0.15) is 16.5 Å². The average molecular weight is 339 g/mol. The highest BCUT2D eigenvalue weighted by Crippen LogP contribution is 2.34. The van der Waals surface area contributed by atoms with Gasteiger partial charge in [0.05, 0.1) is 11.1 Å². The van der Waals surface area contributed by atoms with Crippen molar-refractivity contribution in [3.05, 3.63) is 55.1 Å². The van der Waals surface area contributed by atoms with E-state index in [2.05, 4.69) is 15.9 Å². The Balaban J connectivity index is 2.51. The summed E-state index contributed by atoms with van der Waals surface area (Å²) in [5.41, 5.74) is 5.68. The second-order valence-electron chi connectivity index (χ2n) is 3.39. The van der Waals surface area contributed by atoms with Crippen LogP contribution in [-0.4, -0.2) is 0 Å². The number of hydrogen-bond acceptors (Lipinski definition) is 2. The van der Waals surface area contributed by atoms with Crippen molar-refractivity contribution in [3.63, 3.8) is 0 Å². The average Bonchev–Trinajstić information content (AvgIpc) is 2.62. The SMILES string of the molecule is NC(c1sccc1Cl)c1c(F)cc(Br)cc1F. The Hall–Kier alpha value is -0.490. The quantitative estimate of drug-likeness (QED) is 0.858. The normalized spacial score (nSPS) is 12.8. The molecule has 0 spiro atoms. The monoisotopic (exact) mass is 337 g/mol. The van der Waals surface area contributed by atoms with Crippen LogP contribution in [0.2, 0.25) is 5.02 Å². The molecule has 0 aliphatic carbocycles. The Morgan fingerprint density at radius 3 is 2.35 bits per heavy atom. The molecule has 0 bridgehead atoms. The van der Waals surface area contributed by atoms with Crippen molar-refractivity contribution >= 4 is 38.9 Å². The maximum absolute atomic E-state index is 13.7. The van der Waals surface area contributed by atoms with Gasteiger partial charge in [0.15, 0.2) is 0 Å². The van der Waals surface area contributed by atoms with Gasteiger partial charge in [-0.15, -0.1) is 11.3 Å². The van der Waals surface area contributed by atoms with Gasteiger partial charge in [0.25, 0.3) is 0 Å². The van der Waals surface area contributed by atoms with Crippen LogP contribution >= 0.6 is 38.9 Å². The lowest BCUT2D eigenvalue weighted by molar-refractivity contribution is 0.543. The predicted octanol–water partition coefficient (Wildman–Crippen LogP) is 4.49. The molecule has 0 fully saturated rings. The molecule has 1 aromatic carbocycles. The molecule has 1 nitrogen and oxygen atoms in total. The van der Waals surface area contributed by atoms with E-state index in [0.29, 0.717) is 14.4 Å². The molecule has 0 radical (unpaired) electrons. The Kier molecular flexibility index (Phi) is 3.82. The topological polar surface area (TPSA) is 26.0 Å². The van der Waals surface area contributed by atoms with Crippen molar-refractivity contribution in [1.82, 2.24) is 0 Å². The molecule has 0 saturated carbocycles. The molecule has 2 rings (SSSR count). The van der Waals surface area contributed by atoms with E-state index < -0.39 is 17.7 Å². The first-order chi connectivity index (χ1) is 8.00. The van der Waals surface area contributed by atoms with E-state index >= 15 is 0 Å². The van der Waals surface area contributed by atoms with Gasteiger partial charge < -0.3 is 5.73 Å². The highest BCUT2D eigenvalue weighted by molar-refractivity contribution is 9.10. The third-order valence-corrected chi connectivity index (χ3v) is 4.18.